The van der Waals surface area contributed by atoms with Crippen LogP contribution >= 0.6 is 0 Å². The predicted molar refractivity (Wildman–Crippen MR) is 57.4 cm³/mol. The number of hydrogen-bond acceptors (Lipinski definition) is 3. The van der Waals surface area contributed by atoms with E-state index in [0.29, 0.717) is 26.2 Å². The summed E-state index contributed by atoms with van der Waals surface area (Å²) in [6.45, 7) is 2.09. The first-order valence-corrected chi connectivity index (χ1v) is 4.91. The maximum absolute atomic E-state index is 11.2. The van der Waals surface area contributed by atoms with Gasteiger partial charge in [0.15, 0.2) is 0 Å². The van der Waals surface area contributed by atoms with Gasteiger partial charge >= 0.3 is 0 Å². The summed E-state index contributed by atoms with van der Waals surface area (Å²) in [7, 11) is 1.61. The Morgan fingerprint density at radius 1 is 1.60 bits per heavy atom. The highest BCUT2D eigenvalue weighted by molar-refractivity contribution is 5.77. The van der Waals surface area contributed by atoms with E-state index >= 15 is 0 Å². The van der Waals surface area contributed by atoms with E-state index in [0.717, 1.165) is 5.69 Å². The molecule has 5 nitrogen and oxygen atoms in total. The fourth-order valence-corrected chi connectivity index (χ4v) is 1.14. The van der Waals surface area contributed by atoms with E-state index in [1.165, 1.54) is 0 Å². The standard InChI is InChI=1S/C10H17N3O2/c1-15-6-5-13-10(14)8-11-7-9-3-2-4-12-9/h2-4,11-12H,5-8H2,1H3,(H,13,14). The predicted octanol–water partition coefficient (Wildman–Crippen LogP) is -0.133. The van der Waals surface area contributed by atoms with Crippen molar-refractivity contribution in [3.63, 3.8) is 0 Å². The highest BCUT2D eigenvalue weighted by atomic mass is 16.5. The van der Waals surface area contributed by atoms with E-state index < -0.39 is 0 Å². The molecule has 0 unspecified atom stereocenters. The number of hydrogen-bond donors (Lipinski definition) is 3. The van der Waals surface area contributed by atoms with E-state index in [4.69, 9.17) is 4.74 Å². The van der Waals surface area contributed by atoms with Crippen LogP contribution in [0.15, 0.2) is 18.3 Å². The first kappa shape index (κ1) is 11.7. The van der Waals surface area contributed by atoms with Crippen LogP contribution in [-0.2, 0) is 16.1 Å². The fraction of sp³-hybridized carbons (Fsp3) is 0.500. The molecule has 84 valence electrons. The Kier molecular flexibility index (Phi) is 5.50. The average Bonchev–Trinajstić information content (AvgIpc) is 2.71. The maximum Gasteiger partial charge on any atom is 0.234 e. The van der Waals surface area contributed by atoms with Crippen molar-refractivity contribution in [1.82, 2.24) is 15.6 Å². The lowest BCUT2D eigenvalue weighted by atomic mass is 10.4. The minimum atomic E-state index is -0.0152. The summed E-state index contributed by atoms with van der Waals surface area (Å²) < 4.78 is 4.82. The Bertz CT molecular complexity index is 272. The zero-order valence-electron chi connectivity index (χ0n) is 8.88. The summed E-state index contributed by atoms with van der Waals surface area (Å²) in [6, 6.07) is 3.89. The van der Waals surface area contributed by atoms with Gasteiger partial charge < -0.3 is 20.4 Å². The number of amides is 1. The molecule has 0 aliphatic rings. The van der Waals surface area contributed by atoms with Crippen molar-refractivity contribution in [2.45, 2.75) is 6.54 Å². The van der Waals surface area contributed by atoms with Gasteiger partial charge in [0.2, 0.25) is 5.91 Å². The van der Waals surface area contributed by atoms with Crippen LogP contribution in [-0.4, -0.2) is 37.7 Å². The van der Waals surface area contributed by atoms with E-state index in [2.05, 4.69) is 15.6 Å². The van der Waals surface area contributed by atoms with Gasteiger partial charge in [0, 0.05) is 32.1 Å². The maximum atomic E-state index is 11.2. The summed E-state index contributed by atoms with van der Waals surface area (Å²) in [4.78, 5) is 14.3. The van der Waals surface area contributed by atoms with Gasteiger partial charge in [-0.25, -0.2) is 0 Å². The number of nitrogens with one attached hydrogen (secondary N) is 3. The molecule has 0 saturated heterocycles. The molecule has 1 amide bonds. The molecule has 15 heavy (non-hydrogen) atoms. The van der Waals surface area contributed by atoms with Gasteiger partial charge in [-0.15, -0.1) is 0 Å². The van der Waals surface area contributed by atoms with Crippen LogP contribution in [0.5, 0.6) is 0 Å². The van der Waals surface area contributed by atoms with Gasteiger partial charge in [-0.2, -0.15) is 0 Å². The molecule has 1 aromatic rings. The number of ether oxygens (including phenoxy) is 1. The third-order valence-corrected chi connectivity index (χ3v) is 1.89. The van der Waals surface area contributed by atoms with Crippen molar-refractivity contribution in [2.24, 2.45) is 0 Å². The number of methoxy groups -OCH3 is 1. The zero-order chi connectivity index (χ0) is 10.9. The number of aromatic nitrogens is 1. The lowest BCUT2D eigenvalue weighted by Crippen LogP contribution is -2.35. The molecule has 0 atom stereocenters. The Hall–Kier alpha value is -1.33. The molecule has 1 heterocycles. The van der Waals surface area contributed by atoms with Gasteiger partial charge in [-0.05, 0) is 12.1 Å². The molecular formula is C10H17N3O2. The number of rotatable bonds is 7. The normalized spacial score (nSPS) is 10.2. The van der Waals surface area contributed by atoms with Crippen LogP contribution in [0.1, 0.15) is 5.69 Å². The number of H-pyrrole nitrogens is 1. The second kappa shape index (κ2) is 7.03. The highest BCUT2D eigenvalue weighted by Crippen LogP contribution is 1.91. The Balaban J connectivity index is 2.02. The van der Waals surface area contributed by atoms with Crippen LogP contribution in [0.25, 0.3) is 0 Å². The van der Waals surface area contributed by atoms with Gasteiger partial charge in [-0.1, -0.05) is 0 Å². The molecule has 0 spiro atoms. The molecule has 5 heteroatoms. The summed E-state index contributed by atoms with van der Waals surface area (Å²) in [5.74, 6) is -0.0152. The first-order chi connectivity index (χ1) is 7.33. The topological polar surface area (TPSA) is 66.2 Å². The van der Waals surface area contributed by atoms with Gasteiger partial charge in [0.25, 0.3) is 0 Å². The van der Waals surface area contributed by atoms with Crippen molar-refractivity contribution in [3.8, 4) is 0 Å². The summed E-state index contributed by atoms with van der Waals surface area (Å²) in [6.07, 6.45) is 1.86. The Morgan fingerprint density at radius 2 is 2.47 bits per heavy atom. The summed E-state index contributed by atoms with van der Waals surface area (Å²) in [5.41, 5.74) is 1.07. The molecule has 3 N–H and O–H groups in total. The van der Waals surface area contributed by atoms with Crippen molar-refractivity contribution < 1.29 is 9.53 Å². The largest absolute Gasteiger partial charge is 0.383 e. The monoisotopic (exact) mass is 211 g/mol. The van der Waals surface area contributed by atoms with Crippen LogP contribution in [0.2, 0.25) is 0 Å². The summed E-state index contributed by atoms with van der Waals surface area (Å²) in [5, 5.41) is 5.76. The minimum absolute atomic E-state index is 0.0152. The van der Waals surface area contributed by atoms with Crippen LogP contribution in [0.4, 0.5) is 0 Å². The smallest absolute Gasteiger partial charge is 0.234 e. The molecule has 0 aliphatic heterocycles. The molecule has 0 bridgehead atoms. The second-order valence-corrected chi connectivity index (χ2v) is 3.14. The number of aromatic amines is 1. The van der Waals surface area contributed by atoms with Crippen LogP contribution in [0, 0.1) is 0 Å². The van der Waals surface area contributed by atoms with Crippen molar-refractivity contribution >= 4 is 5.91 Å². The molecule has 0 aliphatic carbocycles. The highest BCUT2D eigenvalue weighted by Gasteiger charge is 1.99. The van der Waals surface area contributed by atoms with Crippen molar-refractivity contribution in [2.75, 3.05) is 26.8 Å². The van der Waals surface area contributed by atoms with Crippen LogP contribution < -0.4 is 10.6 Å². The Morgan fingerprint density at radius 3 is 3.13 bits per heavy atom. The average molecular weight is 211 g/mol. The van der Waals surface area contributed by atoms with Crippen LogP contribution in [0.3, 0.4) is 0 Å². The lowest BCUT2D eigenvalue weighted by molar-refractivity contribution is -0.120. The zero-order valence-corrected chi connectivity index (χ0v) is 8.88. The lowest BCUT2D eigenvalue weighted by Gasteiger charge is -2.05. The molecular weight excluding hydrogens is 194 g/mol. The molecule has 0 saturated carbocycles. The van der Waals surface area contributed by atoms with E-state index in [1.807, 2.05) is 18.3 Å². The third kappa shape index (κ3) is 5.19. The third-order valence-electron chi connectivity index (χ3n) is 1.89. The van der Waals surface area contributed by atoms with E-state index in [-0.39, 0.29) is 5.91 Å². The Labute approximate surface area is 89.2 Å². The molecule has 0 aromatic carbocycles. The summed E-state index contributed by atoms with van der Waals surface area (Å²) >= 11 is 0. The van der Waals surface area contributed by atoms with Crippen molar-refractivity contribution in [1.29, 1.82) is 0 Å². The first-order valence-electron chi connectivity index (χ1n) is 4.91. The molecule has 0 radical (unpaired) electrons. The molecule has 1 rings (SSSR count). The van der Waals surface area contributed by atoms with Gasteiger partial charge in [0.05, 0.1) is 13.2 Å². The quantitative estimate of drug-likeness (QED) is 0.550. The second-order valence-electron chi connectivity index (χ2n) is 3.14. The number of carbonyl (C=O) groups excluding carboxylic acids is 1. The number of carbonyl (C=O) groups is 1. The minimum Gasteiger partial charge on any atom is -0.383 e. The van der Waals surface area contributed by atoms with Crippen molar-refractivity contribution in [3.05, 3.63) is 24.0 Å². The molecule has 0 fully saturated rings. The SMILES string of the molecule is COCCNC(=O)CNCc1ccc[nH]1. The molecule has 1 aromatic heterocycles. The van der Waals surface area contributed by atoms with E-state index in [9.17, 15) is 4.79 Å². The fourth-order valence-electron chi connectivity index (χ4n) is 1.14. The van der Waals surface area contributed by atoms with Gasteiger partial charge in [-0.3, -0.25) is 4.79 Å². The van der Waals surface area contributed by atoms with E-state index in [1.54, 1.807) is 7.11 Å². The van der Waals surface area contributed by atoms with Gasteiger partial charge in [0.1, 0.15) is 0 Å².